The third kappa shape index (κ3) is 5.64. The number of anilines is 3. The van der Waals surface area contributed by atoms with Crippen molar-refractivity contribution in [3.05, 3.63) is 106 Å². The molecular weight excluding hydrogens is 480 g/mol. The fourth-order valence-corrected chi connectivity index (χ4v) is 3.97. The van der Waals surface area contributed by atoms with Gasteiger partial charge in [-0.25, -0.2) is 9.78 Å². The van der Waals surface area contributed by atoms with Crippen molar-refractivity contribution >= 4 is 29.1 Å². The lowest BCUT2D eigenvalue weighted by atomic mass is 9.87. The Morgan fingerprint density at radius 1 is 0.895 bits per heavy atom. The summed E-state index contributed by atoms with van der Waals surface area (Å²) in [5.41, 5.74) is 4.61. The molecule has 0 radical (unpaired) electrons. The van der Waals surface area contributed by atoms with E-state index in [1.54, 1.807) is 32.2 Å². The minimum absolute atomic E-state index is 0.000383. The molecule has 0 aliphatic carbocycles. The van der Waals surface area contributed by atoms with Gasteiger partial charge < -0.3 is 20.3 Å². The van der Waals surface area contributed by atoms with Crippen LogP contribution in [0.2, 0.25) is 0 Å². The zero-order valence-electron chi connectivity index (χ0n) is 22.0. The van der Waals surface area contributed by atoms with Crippen LogP contribution in [0.1, 0.15) is 52.7 Å². The molecule has 0 atom stereocenters. The van der Waals surface area contributed by atoms with E-state index < -0.39 is 5.97 Å². The van der Waals surface area contributed by atoms with Gasteiger partial charge in [0.05, 0.1) is 11.3 Å². The highest BCUT2D eigenvalue weighted by atomic mass is 16.4. The summed E-state index contributed by atoms with van der Waals surface area (Å²) in [5.74, 6) is -1.15. The Kier molecular flexibility index (Phi) is 7.17. The summed E-state index contributed by atoms with van der Waals surface area (Å²) in [6, 6.07) is 20.9. The first-order valence-corrected chi connectivity index (χ1v) is 12.1. The summed E-state index contributed by atoms with van der Waals surface area (Å²) < 4.78 is 1.50. The average molecular weight is 511 g/mol. The number of aromatic carboxylic acids is 1. The molecule has 8 nitrogen and oxygen atoms in total. The molecular formula is C30H30N4O4. The van der Waals surface area contributed by atoms with E-state index in [-0.39, 0.29) is 28.3 Å². The van der Waals surface area contributed by atoms with E-state index in [0.717, 1.165) is 11.1 Å². The van der Waals surface area contributed by atoms with Crippen LogP contribution < -0.4 is 16.2 Å². The minimum atomic E-state index is -1.03. The van der Waals surface area contributed by atoms with Gasteiger partial charge in [-0.05, 0) is 66.4 Å². The average Bonchev–Trinajstić information content (AvgIpc) is 2.89. The van der Waals surface area contributed by atoms with Crippen LogP contribution in [0.3, 0.4) is 0 Å². The van der Waals surface area contributed by atoms with Gasteiger partial charge in [-0.15, -0.1) is 0 Å². The molecule has 0 saturated carbocycles. The van der Waals surface area contributed by atoms with E-state index in [9.17, 15) is 14.4 Å². The maximum atomic E-state index is 12.9. The Hall–Kier alpha value is -4.72. The second kappa shape index (κ2) is 10.3. The molecule has 0 bridgehead atoms. The van der Waals surface area contributed by atoms with E-state index in [1.165, 1.54) is 16.7 Å². The molecule has 0 saturated heterocycles. The van der Waals surface area contributed by atoms with Crippen molar-refractivity contribution in [3.63, 3.8) is 0 Å². The van der Waals surface area contributed by atoms with E-state index in [2.05, 4.69) is 36.4 Å². The number of aromatic nitrogens is 2. The fourth-order valence-electron chi connectivity index (χ4n) is 3.97. The third-order valence-electron chi connectivity index (χ3n) is 6.38. The molecule has 1 heterocycles. The Bertz CT molecular complexity index is 1560. The largest absolute Gasteiger partial charge is 0.478 e. The number of benzene rings is 3. The maximum absolute atomic E-state index is 12.9. The third-order valence-corrected chi connectivity index (χ3v) is 6.38. The standard InChI is InChI=1S/C30H30N4O4/c1-18-25(33-26(28(36)34(18)5)31-23-15-11-20(12-16-23)29(37)38)21-7-6-8-24(17-21)32-27(35)19-9-13-22(14-10-19)30(2,3)4/h6-17H,1-5H3,(H,31,33)(H,32,35)(H,37,38). The molecule has 0 spiro atoms. The molecule has 1 amide bonds. The Labute approximate surface area is 221 Å². The summed E-state index contributed by atoms with van der Waals surface area (Å²) in [4.78, 5) is 41.5. The molecule has 1 aromatic heterocycles. The Morgan fingerprint density at radius 2 is 1.53 bits per heavy atom. The van der Waals surface area contributed by atoms with Crippen LogP contribution in [0.25, 0.3) is 11.3 Å². The van der Waals surface area contributed by atoms with Gasteiger partial charge in [0.1, 0.15) is 0 Å². The minimum Gasteiger partial charge on any atom is -0.478 e. The molecule has 4 rings (SSSR count). The van der Waals surface area contributed by atoms with Crippen molar-refractivity contribution in [1.82, 2.24) is 9.55 Å². The number of rotatable bonds is 6. The Morgan fingerprint density at radius 3 is 2.13 bits per heavy atom. The predicted octanol–water partition coefficient (Wildman–Crippen LogP) is 5.75. The van der Waals surface area contributed by atoms with Gasteiger partial charge in [0, 0.05) is 35.2 Å². The SMILES string of the molecule is Cc1c(-c2cccc(NC(=O)c3ccc(C(C)(C)C)cc3)c2)nc(Nc2ccc(C(=O)O)cc2)c(=O)n1C. The number of nitrogens with zero attached hydrogens (tertiary/aromatic N) is 2. The van der Waals surface area contributed by atoms with Gasteiger partial charge in [0.2, 0.25) is 0 Å². The molecule has 8 heteroatoms. The molecule has 194 valence electrons. The molecule has 0 aliphatic heterocycles. The predicted molar refractivity (Wildman–Crippen MR) is 149 cm³/mol. The van der Waals surface area contributed by atoms with Crippen molar-refractivity contribution in [2.75, 3.05) is 10.6 Å². The lowest BCUT2D eigenvalue weighted by Crippen LogP contribution is -2.24. The maximum Gasteiger partial charge on any atom is 0.335 e. The number of carbonyl (C=O) groups excluding carboxylic acids is 1. The molecule has 3 aromatic carbocycles. The highest BCUT2D eigenvalue weighted by Crippen LogP contribution is 2.26. The van der Waals surface area contributed by atoms with Crippen LogP contribution in [-0.4, -0.2) is 26.5 Å². The van der Waals surface area contributed by atoms with Crippen LogP contribution in [0.4, 0.5) is 17.2 Å². The van der Waals surface area contributed by atoms with Gasteiger partial charge in [-0.3, -0.25) is 9.59 Å². The van der Waals surface area contributed by atoms with Gasteiger partial charge >= 0.3 is 5.97 Å². The normalized spacial score (nSPS) is 11.2. The topological polar surface area (TPSA) is 113 Å². The number of hydrogen-bond donors (Lipinski definition) is 3. The fraction of sp³-hybridized carbons (Fsp3) is 0.200. The molecule has 38 heavy (non-hydrogen) atoms. The van der Waals surface area contributed by atoms with Crippen molar-refractivity contribution in [3.8, 4) is 11.3 Å². The van der Waals surface area contributed by atoms with E-state index >= 15 is 0 Å². The quantitative estimate of drug-likeness (QED) is 0.305. The number of carboxylic acid groups (broad SMARTS) is 1. The number of amides is 1. The first kappa shape index (κ1) is 26.3. The van der Waals surface area contributed by atoms with E-state index in [1.807, 2.05) is 42.5 Å². The van der Waals surface area contributed by atoms with Crippen LogP contribution in [0.5, 0.6) is 0 Å². The van der Waals surface area contributed by atoms with Crippen molar-refractivity contribution in [1.29, 1.82) is 0 Å². The zero-order valence-corrected chi connectivity index (χ0v) is 22.0. The molecule has 4 aromatic rings. The smallest absolute Gasteiger partial charge is 0.335 e. The summed E-state index contributed by atoms with van der Waals surface area (Å²) in [7, 11) is 1.66. The lowest BCUT2D eigenvalue weighted by Gasteiger charge is -2.19. The first-order chi connectivity index (χ1) is 17.9. The molecule has 3 N–H and O–H groups in total. The van der Waals surface area contributed by atoms with Gasteiger partial charge in [0.25, 0.3) is 11.5 Å². The summed E-state index contributed by atoms with van der Waals surface area (Å²) in [6.07, 6.45) is 0. The molecule has 0 fully saturated rings. The summed E-state index contributed by atoms with van der Waals surface area (Å²) in [6.45, 7) is 8.17. The second-order valence-electron chi connectivity index (χ2n) is 10.1. The van der Waals surface area contributed by atoms with Crippen molar-refractivity contribution in [2.24, 2.45) is 7.05 Å². The number of carboxylic acids is 1. The highest BCUT2D eigenvalue weighted by molar-refractivity contribution is 6.04. The lowest BCUT2D eigenvalue weighted by molar-refractivity contribution is 0.0696. The molecule has 0 unspecified atom stereocenters. The van der Waals surface area contributed by atoms with Gasteiger partial charge in [-0.1, -0.05) is 45.0 Å². The summed E-state index contributed by atoms with van der Waals surface area (Å²) >= 11 is 0. The molecule has 0 aliphatic rings. The van der Waals surface area contributed by atoms with E-state index in [0.29, 0.717) is 28.3 Å². The van der Waals surface area contributed by atoms with Crippen LogP contribution >= 0.6 is 0 Å². The highest BCUT2D eigenvalue weighted by Gasteiger charge is 2.16. The first-order valence-electron chi connectivity index (χ1n) is 12.1. The van der Waals surface area contributed by atoms with Gasteiger partial charge in [0.15, 0.2) is 5.82 Å². The van der Waals surface area contributed by atoms with E-state index in [4.69, 9.17) is 5.11 Å². The Balaban J connectivity index is 1.61. The summed E-state index contributed by atoms with van der Waals surface area (Å²) in [5, 5.41) is 15.0. The number of nitrogens with one attached hydrogen (secondary N) is 2. The monoisotopic (exact) mass is 510 g/mol. The number of carbonyl (C=O) groups is 2. The zero-order chi connectivity index (χ0) is 27.6. The van der Waals surface area contributed by atoms with Gasteiger partial charge in [-0.2, -0.15) is 0 Å². The van der Waals surface area contributed by atoms with Crippen LogP contribution in [0.15, 0.2) is 77.6 Å². The number of hydrogen-bond acceptors (Lipinski definition) is 5. The van der Waals surface area contributed by atoms with Crippen LogP contribution in [-0.2, 0) is 12.5 Å². The van der Waals surface area contributed by atoms with Crippen LogP contribution in [0, 0.1) is 6.92 Å². The van der Waals surface area contributed by atoms with Crippen molar-refractivity contribution < 1.29 is 14.7 Å². The second-order valence-corrected chi connectivity index (χ2v) is 10.1. The van der Waals surface area contributed by atoms with Crippen molar-refractivity contribution in [2.45, 2.75) is 33.1 Å².